The number of dihydropyridines is 1. The van der Waals surface area contributed by atoms with Gasteiger partial charge < -0.3 is 9.30 Å². The van der Waals surface area contributed by atoms with Crippen LogP contribution in [0.3, 0.4) is 0 Å². The first kappa shape index (κ1) is 28.9. The van der Waals surface area contributed by atoms with Crippen LogP contribution in [0.5, 0.6) is 0 Å². The van der Waals surface area contributed by atoms with Gasteiger partial charge in [-0.1, -0.05) is 74.6 Å². The molecule has 5 heteroatoms. The van der Waals surface area contributed by atoms with Crippen molar-refractivity contribution < 1.29 is 0 Å². The third kappa shape index (κ3) is 4.88. The average molecular weight is 606 g/mol. The number of hydrogen-bond donors (Lipinski definition) is 0. The molecule has 0 fully saturated rings. The summed E-state index contributed by atoms with van der Waals surface area (Å²) in [6.07, 6.45) is 45.7. The van der Waals surface area contributed by atoms with Gasteiger partial charge in [0.1, 0.15) is 6.17 Å². The molecular formula is C41H43N5. The van der Waals surface area contributed by atoms with E-state index >= 15 is 0 Å². The van der Waals surface area contributed by atoms with E-state index in [1.807, 2.05) is 24.8 Å². The number of imidazole rings is 1. The molecule has 46 heavy (non-hydrogen) atoms. The van der Waals surface area contributed by atoms with Crippen molar-refractivity contribution in [3.05, 3.63) is 119 Å². The SMILES string of the molecule is CC/C=C\C(CC)N1C2=C(C/C=C(c3c4c(c(-c5cn6ccnc6cn5)c5c3CCCC5)C=CCC=C4)\C=C/C2)C2C=CC=NC21. The van der Waals surface area contributed by atoms with Gasteiger partial charge in [-0.2, -0.15) is 0 Å². The number of fused-ring (bicyclic) bond motifs is 5. The van der Waals surface area contributed by atoms with Crippen LogP contribution in [0.15, 0.2) is 95.7 Å². The summed E-state index contributed by atoms with van der Waals surface area (Å²) in [5.41, 5.74) is 14.7. The lowest BCUT2D eigenvalue weighted by Crippen LogP contribution is -2.40. The summed E-state index contributed by atoms with van der Waals surface area (Å²) in [6.45, 7) is 4.53. The fraction of sp³-hybridized carbons (Fsp3) is 0.341. The second kappa shape index (κ2) is 12.4. The monoisotopic (exact) mass is 605 g/mol. The van der Waals surface area contributed by atoms with Gasteiger partial charge >= 0.3 is 0 Å². The van der Waals surface area contributed by atoms with Gasteiger partial charge in [-0.25, -0.2) is 4.98 Å². The number of hydrogen-bond acceptors (Lipinski definition) is 4. The summed E-state index contributed by atoms with van der Waals surface area (Å²) in [7, 11) is 0. The van der Waals surface area contributed by atoms with Gasteiger partial charge in [0.2, 0.25) is 0 Å². The van der Waals surface area contributed by atoms with Crippen molar-refractivity contribution in [1.82, 2.24) is 19.3 Å². The van der Waals surface area contributed by atoms with Gasteiger partial charge in [0, 0.05) is 54.4 Å². The molecule has 3 aromatic rings. The lowest BCUT2D eigenvalue weighted by Gasteiger charge is -2.35. The van der Waals surface area contributed by atoms with E-state index in [1.165, 1.54) is 63.1 Å². The average Bonchev–Trinajstić information content (AvgIpc) is 3.57. The van der Waals surface area contributed by atoms with Gasteiger partial charge in [-0.15, -0.1) is 0 Å². The van der Waals surface area contributed by atoms with E-state index in [9.17, 15) is 0 Å². The Hall–Kier alpha value is -4.51. The summed E-state index contributed by atoms with van der Waals surface area (Å²) >= 11 is 0. The second-order valence-electron chi connectivity index (χ2n) is 13.0. The Balaban J connectivity index is 1.28. The molecule has 0 radical (unpaired) electrons. The highest BCUT2D eigenvalue weighted by Crippen LogP contribution is 2.47. The van der Waals surface area contributed by atoms with Gasteiger partial charge in [0.05, 0.1) is 11.9 Å². The van der Waals surface area contributed by atoms with Crippen molar-refractivity contribution in [3.8, 4) is 11.3 Å². The van der Waals surface area contributed by atoms with E-state index in [-0.39, 0.29) is 6.17 Å². The topological polar surface area (TPSA) is 45.8 Å². The summed E-state index contributed by atoms with van der Waals surface area (Å²) in [6, 6.07) is 0.363. The summed E-state index contributed by atoms with van der Waals surface area (Å²) in [5.74, 6) is 0.327. The molecule has 5 nitrogen and oxygen atoms in total. The number of nitrogens with zero attached hydrogens (tertiary/aromatic N) is 5. The molecule has 0 spiro atoms. The van der Waals surface area contributed by atoms with E-state index in [2.05, 4.69) is 101 Å². The molecule has 0 saturated carbocycles. The van der Waals surface area contributed by atoms with Gasteiger partial charge in [0.15, 0.2) is 5.65 Å². The normalized spacial score (nSPS) is 24.2. The maximum Gasteiger partial charge on any atom is 0.155 e. The van der Waals surface area contributed by atoms with Crippen LogP contribution in [0.4, 0.5) is 0 Å². The van der Waals surface area contributed by atoms with Gasteiger partial charge in [-0.3, -0.25) is 9.98 Å². The number of rotatable bonds is 6. The predicted octanol–water partition coefficient (Wildman–Crippen LogP) is 9.34. The molecule has 1 aromatic carbocycles. The maximum atomic E-state index is 5.06. The van der Waals surface area contributed by atoms with Gasteiger partial charge in [0.25, 0.3) is 0 Å². The molecule has 0 N–H and O–H groups in total. The fourth-order valence-corrected chi connectivity index (χ4v) is 8.36. The first-order valence-electron chi connectivity index (χ1n) is 17.3. The predicted molar refractivity (Wildman–Crippen MR) is 191 cm³/mol. The van der Waals surface area contributed by atoms with Crippen LogP contribution in [-0.2, 0) is 12.8 Å². The molecule has 0 saturated heterocycles. The number of benzene rings is 1. The molecule has 3 unspecified atom stereocenters. The molecule has 2 aromatic heterocycles. The first-order chi connectivity index (χ1) is 22.8. The highest BCUT2D eigenvalue weighted by Gasteiger charge is 2.41. The highest BCUT2D eigenvalue weighted by molar-refractivity contribution is 5.93. The Bertz CT molecular complexity index is 1920. The van der Waals surface area contributed by atoms with Crippen LogP contribution < -0.4 is 0 Å². The molecule has 8 rings (SSSR count). The largest absolute Gasteiger partial charge is 0.346 e. The van der Waals surface area contributed by atoms with Crippen molar-refractivity contribution in [2.24, 2.45) is 10.9 Å². The Morgan fingerprint density at radius 2 is 1.78 bits per heavy atom. The molecule has 0 amide bonds. The molecule has 4 heterocycles. The standard InChI is InChI=1S/C41H43N5/c1-3-5-14-29(4-2)46-37-20-11-13-28(21-22-30(37)35-19-12-23-43-41(35)46)39-31-15-7-6-8-16-33(31)40(34-18-10-9-17-32(34)39)36-27-45-25-24-42-38(45)26-44-36/h5,7-8,11-16,19,21,23-27,29,35,41H,3-4,6,9-10,17-18,20,22H2,1-2H3/b13-11-,14-5-,28-21+. The third-order valence-electron chi connectivity index (χ3n) is 10.4. The van der Waals surface area contributed by atoms with Gasteiger partial charge in [-0.05, 0) is 96.4 Å². The van der Waals surface area contributed by atoms with Crippen LogP contribution in [0, 0.1) is 5.92 Å². The molecular weight excluding hydrogens is 562 g/mol. The minimum Gasteiger partial charge on any atom is -0.346 e. The maximum absolute atomic E-state index is 5.06. The van der Waals surface area contributed by atoms with Crippen LogP contribution >= 0.6 is 0 Å². The van der Waals surface area contributed by atoms with E-state index in [4.69, 9.17) is 9.98 Å². The van der Waals surface area contributed by atoms with E-state index in [0.29, 0.717) is 12.0 Å². The van der Waals surface area contributed by atoms with Crippen molar-refractivity contribution in [2.45, 2.75) is 83.8 Å². The third-order valence-corrected chi connectivity index (χ3v) is 10.4. The first-order valence-corrected chi connectivity index (χ1v) is 17.3. The van der Waals surface area contributed by atoms with E-state index in [0.717, 1.165) is 56.3 Å². The Morgan fingerprint density at radius 3 is 2.61 bits per heavy atom. The summed E-state index contributed by atoms with van der Waals surface area (Å²) in [5, 5.41) is 0. The summed E-state index contributed by atoms with van der Waals surface area (Å²) in [4.78, 5) is 17.1. The second-order valence-corrected chi connectivity index (χ2v) is 13.0. The molecule has 3 atom stereocenters. The lowest BCUT2D eigenvalue weighted by molar-refractivity contribution is 0.213. The lowest BCUT2D eigenvalue weighted by atomic mass is 9.76. The number of aliphatic imine (C=N–C) groups is 1. The molecule has 0 bridgehead atoms. The van der Waals surface area contributed by atoms with Crippen LogP contribution in [-0.4, -0.2) is 37.7 Å². The van der Waals surface area contributed by atoms with Crippen LogP contribution in [0.1, 0.15) is 86.6 Å². The zero-order valence-electron chi connectivity index (χ0n) is 27.1. The molecule has 3 aliphatic carbocycles. The number of aromatic nitrogens is 3. The van der Waals surface area contributed by atoms with Crippen molar-refractivity contribution in [3.63, 3.8) is 0 Å². The Kier molecular flexibility index (Phi) is 7.77. The minimum atomic E-state index is 0.154. The quantitative estimate of drug-likeness (QED) is 0.263. The summed E-state index contributed by atoms with van der Waals surface area (Å²) < 4.78 is 2.10. The zero-order valence-corrected chi connectivity index (χ0v) is 27.1. The fourth-order valence-electron chi connectivity index (χ4n) is 8.36. The molecule has 5 aliphatic rings. The van der Waals surface area contributed by atoms with E-state index in [1.54, 1.807) is 0 Å². The Labute approximate surface area is 272 Å². The zero-order chi connectivity index (χ0) is 31.0. The van der Waals surface area contributed by atoms with Crippen LogP contribution in [0.2, 0.25) is 0 Å². The van der Waals surface area contributed by atoms with Crippen molar-refractivity contribution in [1.29, 1.82) is 0 Å². The molecule has 2 aliphatic heterocycles. The van der Waals surface area contributed by atoms with Crippen LogP contribution in [0.25, 0.3) is 34.6 Å². The van der Waals surface area contributed by atoms with Crippen molar-refractivity contribution >= 4 is 29.6 Å². The van der Waals surface area contributed by atoms with Crippen molar-refractivity contribution in [2.75, 3.05) is 0 Å². The highest BCUT2D eigenvalue weighted by atomic mass is 15.3. The smallest absolute Gasteiger partial charge is 0.155 e. The Morgan fingerprint density at radius 1 is 0.957 bits per heavy atom. The van der Waals surface area contributed by atoms with E-state index < -0.39 is 0 Å². The molecule has 232 valence electrons. The number of allylic oxidation sites excluding steroid dienone is 8. The minimum absolute atomic E-state index is 0.154.